The molecule has 2 aromatic carbocycles. The lowest BCUT2D eigenvalue weighted by molar-refractivity contribution is -0.139. The van der Waals surface area contributed by atoms with E-state index in [1.807, 2.05) is 29.2 Å². The zero-order chi connectivity index (χ0) is 17.6. The van der Waals surface area contributed by atoms with Gasteiger partial charge < -0.3 is 9.84 Å². The zero-order valence-electron chi connectivity index (χ0n) is 14.0. The van der Waals surface area contributed by atoms with Gasteiger partial charge in [-0.3, -0.25) is 9.69 Å². The van der Waals surface area contributed by atoms with Gasteiger partial charge in [-0.2, -0.15) is 0 Å². The van der Waals surface area contributed by atoms with E-state index in [0.29, 0.717) is 6.61 Å². The molecule has 1 saturated heterocycles. The minimum absolute atomic E-state index is 0.0973. The van der Waals surface area contributed by atoms with Crippen LogP contribution < -0.4 is 0 Å². The summed E-state index contributed by atoms with van der Waals surface area (Å²) in [7, 11) is 0. The molecular formula is C20H22FNO3. The van der Waals surface area contributed by atoms with Crippen molar-refractivity contribution in [2.75, 3.05) is 19.6 Å². The fourth-order valence-electron chi connectivity index (χ4n) is 3.19. The predicted molar refractivity (Wildman–Crippen MR) is 93.7 cm³/mol. The van der Waals surface area contributed by atoms with Gasteiger partial charge in [-0.05, 0) is 41.7 Å². The Bertz CT molecular complexity index is 709. The van der Waals surface area contributed by atoms with Gasteiger partial charge in [0.25, 0.3) is 0 Å². The number of likely N-dealkylation sites (tertiary alicyclic amines) is 1. The van der Waals surface area contributed by atoms with Gasteiger partial charge in [0.05, 0.1) is 19.3 Å². The highest BCUT2D eigenvalue weighted by Gasteiger charge is 2.21. The highest BCUT2D eigenvalue weighted by Crippen LogP contribution is 2.25. The molecule has 0 amide bonds. The third-order valence-electron chi connectivity index (χ3n) is 4.54. The first-order valence-electron chi connectivity index (χ1n) is 8.51. The van der Waals surface area contributed by atoms with Gasteiger partial charge in [0, 0.05) is 13.1 Å². The molecule has 1 heterocycles. The van der Waals surface area contributed by atoms with Gasteiger partial charge in [-0.25, -0.2) is 4.39 Å². The van der Waals surface area contributed by atoms with E-state index >= 15 is 0 Å². The van der Waals surface area contributed by atoms with E-state index in [-0.39, 0.29) is 18.5 Å². The summed E-state index contributed by atoms with van der Waals surface area (Å²) < 4.78 is 19.2. The molecule has 1 fully saturated rings. The first-order chi connectivity index (χ1) is 12.1. The van der Waals surface area contributed by atoms with E-state index < -0.39 is 5.97 Å². The third kappa shape index (κ3) is 4.87. The Hall–Kier alpha value is -2.24. The Morgan fingerprint density at radius 3 is 2.48 bits per heavy atom. The molecule has 1 aliphatic heterocycles. The Kier molecular flexibility index (Phi) is 5.79. The molecule has 0 atom stereocenters. The summed E-state index contributed by atoms with van der Waals surface area (Å²) >= 11 is 0. The molecule has 0 saturated carbocycles. The van der Waals surface area contributed by atoms with E-state index in [1.54, 1.807) is 12.1 Å². The van der Waals surface area contributed by atoms with Crippen LogP contribution in [-0.4, -0.2) is 41.7 Å². The predicted octanol–water partition coefficient (Wildman–Crippen LogP) is 3.56. The lowest BCUT2D eigenvalue weighted by atomic mass is 10.00. The van der Waals surface area contributed by atoms with Crippen molar-refractivity contribution >= 4 is 5.97 Å². The number of rotatable bonds is 6. The average Bonchev–Trinajstić information content (AvgIpc) is 2.62. The quantitative estimate of drug-likeness (QED) is 0.871. The van der Waals surface area contributed by atoms with Crippen molar-refractivity contribution in [1.29, 1.82) is 0 Å². The Morgan fingerprint density at radius 1 is 1.12 bits per heavy atom. The number of carbonyl (C=O) groups is 1. The Balaban J connectivity index is 1.59. The molecule has 4 nitrogen and oxygen atoms in total. The number of benzene rings is 2. The fraction of sp³-hybridized carbons (Fsp3) is 0.350. The smallest absolute Gasteiger partial charge is 0.317 e. The van der Waals surface area contributed by atoms with Crippen LogP contribution in [0.3, 0.4) is 0 Å². The monoisotopic (exact) mass is 343 g/mol. The van der Waals surface area contributed by atoms with Crippen LogP contribution >= 0.6 is 0 Å². The number of halogens is 1. The van der Waals surface area contributed by atoms with E-state index in [9.17, 15) is 9.18 Å². The van der Waals surface area contributed by atoms with Gasteiger partial charge in [0.2, 0.25) is 0 Å². The van der Waals surface area contributed by atoms with E-state index in [1.165, 1.54) is 12.1 Å². The van der Waals surface area contributed by atoms with Crippen molar-refractivity contribution in [3.8, 4) is 11.1 Å². The standard InChI is InChI=1S/C20H22FNO3/c21-17-7-5-15(6-8-17)19-4-2-1-3-16(19)14-25-18-9-11-22(12-10-18)13-20(23)24/h1-8,18H,9-14H2,(H,23,24). The van der Waals surface area contributed by atoms with Crippen LogP contribution in [0, 0.1) is 5.82 Å². The molecule has 2 aromatic rings. The highest BCUT2D eigenvalue weighted by atomic mass is 19.1. The Morgan fingerprint density at radius 2 is 1.80 bits per heavy atom. The van der Waals surface area contributed by atoms with Crippen LogP contribution in [0.1, 0.15) is 18.4 Å². The Labute approximate surface area is 146 Å². The minimum atomic E-state index is -0.785. The SMILES string of the molecule is O=C(O)CN1CCC(OCc2ccccc2-c2ccc(F)cc2)CC1. The van der Waals surface area contributed by atoms with Crippen molar-refractivity contribution < 1.29 is 19.0 Å². The molecule has 5 heteroatoms. The number of carboxylic acid groups (broad SMARTS) is 1. The van der Waals surface area contributed by atoms with Gasteiger partial charge in [0.1, 0.15) is 5.82 Å². The maximum Gasteiger partial charge on any atom is 0.317 e. The van der Waals surface area contributed by atoms with Gasteiger partial charge in [-0.15, -0.1) is 0 Å². The summed E-state index contributed by atoms with van der Waals surface area (Å²) in [4.78, 5) is 12.7. The van der Waals surface area contributed by atoms with Gasteiger partial charge in [-0.1, -0.05) is 36.4 Å². The topological polar surface area (TPSA) is 49.8 Å². The molecule has 1 aliphatic rings. The molecule has 0 spiro atoms. The molecule has 0 bridgehead atoms. The number of piperidine rings is 1. The van der Waals surface area contributed by atoms with Crippen molar-refractivity contribution in [2.45, 2.75) is 25.6 Å². The minimum Gasteiger partial charge on any atom is -0.480 e. The number of carboxylic acids is 1. The lowest BCUT2D eigenvalue weighted by Gasteiger charge is -2.30. The number of hydrogen-bond donors (Lipinski definition) is 1. The summed E-state index contributed by atoms with van der Waals surface area (Å²) in [5.74, 6) is -1.03. The summed E-state index contributed by atoms with van der Waals surface area (Å²) in [6.45, 7) is 2.09. The van der Waals surface area contributed by atoms with E-state index in [4.69, 9.17) is 9.84 Å². The largest absolute Gasteiger partial charge is 0.480 e. The molecule has 3 rings (SSSR count). The maximum absolute atomic E-state index is 13.1. The van der Waals surface area contributed by atoms with Crippen molar-refractivity contribution in [2.24, 2.45) is 0 Å². The van der Waals surface area contributed by atoms with Crippen LogP contribution in [0.25, 0.3) is 11.1 Å². The van der Waals surface area contributed by atoms with Crippen LogP contribution in [0.5, 0.6) is 0 Å². The van der Waals surface area contributed by atoms with Crippen molar-refractivity contribution in [3.63, 3.8) is 0 Å². The summed E-state index contributed by atoms with van der Waals surface area (Å²) in [5.41, 5.74) is 3.09. The zero-order valence-corrected chi connectivity index (χ0v) is 14.0. The maximum atomic E-state index is 13.1. The summed E-state index contributed by atoms with van der Waals surface area (Å²) in [6.07, 6.45) is 1.82. The molecule has 0 aliphatic carbocycles. The normalized spacial score (nSPS) is 16.0. The second-order valence-electron chi connectivity index (χ2n) is 6.34. The second kappa shape index (κ2) is 8.23. The molecule has 0 unspecified atom stereocenters. The van der Waals surface area contributed by atoms with Crippen molar-refractivity contribution in [1.82, 2.24) is 4.90 Å². The number of aliphatic carboxylic acids is 1. The lowest BCUT2D eigenvalue weighted by Crippen LogP contribution is -2.39. The second-order valence-corrected chi connectivity index (χ2v) is 6.34. The first kappa shape index (κ1) is 17.6. The molecule has 0 radical (unpaired) electrons. The van der Waals surface area contributed by atoms with Crippen LogP contribution in [-0.2, 0) is 16.1 Å². The molecule has 1 N–H and O–H groups in total. The highest BCUT2D eigenvalue weighted by molar-refractivity contribution is 5.69. The van der Waals surface area contributed by atoms with Crippen LogP contribution in [0.15, 0.2) is 48.5 Å². The third-order valence-corrected chi connectivity index (χ3v) is 4.54. The summed E-state index contributed by atoms with van der Waals surface area (Å²) in [5, 5.41) is 8.84. The van der Waals surface area contributed by atoms with Gasteiger partial charge >= 0.3 is 5.97 Å². The molecule has 0 aromatic heterocycles. The molecule has 132 valence electrons. The first-order valence-corrected chi connectivity index (χ1v) is 8.51. The summed E-state index contributed by atoms with van der Waals surface area (Å²) in [6, 6.07) is 14.5. The van der Waals surface area contributed by atoms with Crippen LogP contribution in [0.2, 0.25) is 0 Å². The number of ether oxygens (including phenoxy) is 1. The van der Waals surface area contributed by atoms with E-state index in [0.717, 1.165) is 42.6 Å². The number of hydrogen-bond acceptors (Lipinski definition) is 3. The van der Waals surface area contributed by atoms with Gasteiger partial charge in [0.15, 0.2) is 0 Å². The average molecular weight is 343 g/mol. The number of nitrogens with zero attached hydrogens (tertiary/aromatic N) is 1. The van der Waals surface area contributed by atoms with E-state index in [2.05, 4.69) is 0 Å². The molecule has 25 heavy (non-hydrogen) atoms. The molecular weight excluding hydrogens is 321 g/mol. The fourth-order valence-corrected chi connectivity index (χ4v) is 3.19. The van der Waals surface area contributed by atoms with Crippen LogP contribution in [0.4, 0.5) is 4.39 Å². The van der Waals surface area contributed by atoms with Crippen molar-refractivity contribution in [3.05, 3.63) is 59.9 Å².